The highest BCUT2D eigenvalue weighted by atomic mass is 79.9. The van der Waals surface area contributed by atoms with Gasteiger partial charge >= 0.3 is 0 Å². The van der Waals surface area contributed by atoms with E-state index in [0.717, 1.165) is 23.8 Å². The highest BCUT2D eigenvalue weighted by Gasteiger charge is 2.27. The Morgan fingerprint density at radius 3 is 2.59 bits per heavy atom. The first-order chi connectivity index (χ1) is 8.04. The fourth-order valence-electron chi connectivity index (χ4n) is 2.26. The predicted molar refractivity (Wildman–Crippen MR) is 78.2 cm³/mol. The molecule has 0 saturated heterocycles. The maximum Gasteiger partial charge on any atom is 0.0595 e. The van der Waals surface area contributed by atoms with E-state index in [-0.39, 0.29) is 0 Å². The lowest BCUT2D eigenvalue weighted by Gasteiger charge is -2.34. The monoisotopic (exact) mass is 335 g/mol. The number of hydrogen-bond acceptors (Lipinski definition) is 1. The van der Waals surface area contributed by atoms with Gasteiger partial charge in [0, 0.05) is 17.9 Å². The zero-order valence-electron chi connectivity index (χ0n) is 9.80. The van der Waals surface area contributed by atoms with Crippen LogP contribution in [0.25, 0.3) is 0 Å². The molecule has 0 aliphatic heterocycles. The molecule has 0 bridgehead atoms. The molecule has 94 valence electrons. The van der Waals surface area contributed by atoms with Gasteiger partial charge in [-0.25, -0.2) is 0 Å². The van der Waals surface area contributed by atoms with Gasteiger partial charge in [0.2, 0.25) is 0 Å². The van der Waals surface area contributed by atoms with Gasteiger partial charge in [-0.1, -0.05) is 45.2 Å². The Bertz CT molecular complexity index is 391. The summed E-state index contributed by atoms with van der Waals surface area (Å²) < 4.78 is 0. The molecule has 0 aromatic heterocycles. The van der Waals surface area contributed by atoms with E-state index in [4.69, 9.17) is 23.2 Å². The summed E-state index contributed by atoms with van der Waals surface area (Å²) in [5, 5.41) is 1.26. The molecule has 1 aliphatic carbocycles. The van der Waals surface area contributed by atoms with E-state index in [2.05, 4.69) is 27.9 Å². The van der Waals surface area contributed by atoms with E-state index in [1.54, 1.807) is 0 Å². The Morgan fingerprint density at radius 2 is 2.00 bits per heavy atom. The molecule has 1 aromatic rings. The Kier molecular flexibility index (Phi) is 4.76. The molecule has 0 atom stereocenters. The molecule has 0 amide bonds. The van der Waals surface area contributed by atoms with Crippen molar-refractivity contribution in [2.45, 2.75) is 24.2 Å². The SMILES string of the molecule is CN(Cc1ccc(Cl)c(Cl)c1)CC1CC(Br)C1. The lowest BCUT2D eigenvalue weighted by atomic mass is 9.85. The molecular formula is C13H16BrCl2N. The fraction of sp³-hybridized carbons (Fsp3) is 0.538. The van der Waals surface area contributed by atoms with Gasteiger partial charge in [-0.05, 0) is 43.5 Å². The molecular weight excluding hydrogens is 321 g/mol. The molecule has 4 heteroatoms. The Balaban J connectivity index is 1.85. The van der Waals surface area contributed by atoms with Crippen LogP contribution in [0.1, 0.15) is 18.4 Å². The summed E-state index contributed by atoms with van der Waals surface area (Å²) in [7, 11) is 2.16. The molecule has 0 heterocycles. The molecule has 1 aromatic carbocycles. The second kappa shape index (κ2) is 5.92. The average molecular weight is 337 g/mol. The highest BCUT2D eigenvalue weighted by molar-refractivity contribution is 9.09. The van der Waals surface area contributed by atoms with Crippen LogP contribution in [0.5, 0.6) is 0 Å². The van der Waals surface area contributed by atoms with Crippen molar-refractivity contribution >= 4 is 39.1 Å². The predicted octanol–water partition coefficient (Wildman–Crippen LogP) is 4.60. The van der Waals surface area contributed by atoms with Crippen LogP contribution in [-0.2, 0) is 6.54 Å². The van der Waals surface area contributed by atoms with Crippen LogP contribution < -0.4 is 0 Å². The van der Waals surface area contributed by atoms with Crippen molar-refractivity contribution in [2.24, 2.45) is 5.92 Å². The maximum atomic E-state index is 6.00. The number of alkyl halides is 1. The standard InChI is InChI=1S/C13H16BrCl2N/c1-17(8-10-4-11(14)5-10)7-9-2-3-12(15)13(16)6-9/h2-3,6,10-11H,4-5,7-8H2,1H3. The molecule has 1 saturated carbocycles. The molecule has 0 spiro atoms. The van der Waals surface area contributed by atoms with Crippen LogP contribution in [0.15, 0.2) is 18.2 Å². The van der Waals surface area contributed by atoms with Crippen LogP contribution in [0.2, 0.25) is 10.0 Å². The minimum absolute atomic E-state index is 0.624. The minimum atomic E-state index is 0.624. The normalized spacial score (nSPS) is 23.8. The maximum absolute atomic E-state index is 6.00. The van der Waals surface area contributed by atoms with Gasteiger partial charge in [0.15, 0.2) is 0 Å². The van der Waals surface area contributed by atoms with Gasteiger partial charge in [0.1, 0.15) is 0 Å². The number of benzene rings is 1. The molecule has 0 N–H and O–H groups in total. The van der Waals surface area contributed by atoms with Gasteiger partial charge in [-0.3, -0.25) is 0 Å². The second-order valence-corrected chi connectivity index (χ2v) is 6.99. The lowest BCUT2D eigenvalue weighted by Crippen LogP contribution is -2.34. The van der Waals surface area contributed by atoms with Crippen molar-refractivity contribution in [1.29, 1.82) is 0 Å². The second-order valence-electron chi connectivity index (χ2n) is 4.88. The van der Waals surface area contributed by atoms with E-state index in [1.165, 1.54) is 18.4 Å². The van der Waals surface area contributed by atoms with E-state index < -0.39 is 0 Å². The first-order valence-corrected chi connectivity index (χ1v) is 7.48. The molecule has 0 unspecified atom stereocenters. The van der Waals surface area contributed by atoms with Crippen molar-refractivity contribution in [3.63, 3.8) is 0 Å². The van der Waals surface area contributed by atoms with E-state index in [0.29, 0.717) is 10.0 Å². The third-order valence-corrected chi connectivity index (χ3v) is 4.67. The molecule has 1 nitrogen and oxygen atoms in total. The molecule has 2 rings (SSSR count). The number of halogens is 3. The van der Waals surface area contributed by atoms with Crippen molar-refractivity contribution in [3.8, 4) is 0 Å². The Labute approximate surface area is 121 Å². The highest BCUT2D eigenvalue weighted by Crippen LogP contribution is 2.33. The van der Waals surface area contributed by atoms with Crippen LogP contribution in [-0.4, -0.2) is 23.3 Å². The van der Waals surface area contributed by atoms with Crippen LogP contribution in [0.4, 0.5) is 0 Å². The summed E-state index contributed by atoms with van der Waals surface area (Å²) in [5.74, 6) is 0.840. The first kappa shape index (κ1) is 13.7. The zero-order valence-corrected chi connectivity index (χ0v) is 12.9. The van der Waals surface area contributed by atoms with Gasteiger partial charge in [0.25, 0.3) is 0 Å². The summed E-state index contributed by atoms with van der Waals surface area (Å²) in [4.78, 5) is 3.09. The summed E-state index contributed by atoms with van der Waals surface area (Å²) in [6.07, 6.45) is 2.59. The topological polar surface area (TPSA) is 3.24 Å². The van der Waals surface area contributed by atoms with Gasteiger partial charge in [-0.15, -0.1) is 0 Å². The average Bonchev–Trinajstić information content (AvgIpc) is 2.21. The third kappa shape index (κ3) is 3.85. The van der Waals surface area contributed by atoms with Gasteiger partial charge in [0.05, 0.1) is 10.0 Å². The number of rotatable bonds is 4. The zero-order chi connectivity index (χ0) is 12.4. The quantitative estimate of drug-likeness (QED) is 0.726. The van der Waals surface area contributed by atoms with Crippen LogP contribution >= 0.6 is 39.1 Å². The smallest absolute Gasteiger partial charge is 0.0595 e. The van der Waals surface area contributed by atoms with Crippen LogP contribution in [0.3, 0.4) is 0 Å². The lowest BCUT2D eigenvalue weighted by molar-refractivity contribution is 0.208. The largest absolute Gasteiger partial charge is 0.302 e. The molecule has 17 heavy (non-hydrogen) atoms. The third-order valence-electron chi connectivity index (χ3n) is 3.18. The van der Waals surface area contributed by atoms with E-state index in [1.807, 2.05) is 18.2 Å². The summed E-state index contributed by atoms with van der Waals surface area (Å²) in [5.41, 5.74) is 1.22. The summed E-state index contributed by atoms with van der Waals surface area (Å²) in [6.45, 7) is 2.09. The summed E-state index contributed by atoms with van der Waals surface area (Å²) in [6, 6.07) is 5.86. The Hall–Kier alpha value is 0.240. The fourth-order valence-corrected chi connectivity index (χ4v) is 3.64. The van der Waals surface area contributed by atoms with Crippen molar-refractivity contribution in [1.82, 2.24) is 4.90 Å². The summed E-state index contributed by atoms with van der Waals surface area (Å²) >= 11 is 15.5. The van der Waals surface area contributed by atoms with Gasteiger partial charge in [-0.2, -0.15) is 0 Å². The molecule has 1 fully saturated rings. The van der Waals surface area contributed by atoms with Gasteiger partial charge < -0.3 is 4.90 Å². The number of nitrogens with zero attached hydrogens (tertiary/aromatic N) is 1. The van der Waals surface area contributed by atoms with Crippen molar-refractivity contribution < 1.29 is 0 Å². The van der Waals surface area contributed by atoms with Crippen LogP contribution in [0, 0.1) is 5.92 Å². The molecule has 1 aliphatic rings. The number of hydrogen-bond donors (Lipinski definition) is 0. The minimum Gasteiger partial charge on any atom is -0.302 e. The Morgan fingerprint density at radius 1 is 1.29 bits per heavy atom. The first-order valence-electron chi connectivity index (χ1n) is 5.81. The van der Waals surface area contributed by atoms with E-state index in [9.17, 15) is 0 Å². The molecule has 0 radical (unpaired) electrons. The van der Waals surface area contributed by atoms with E-state index >= 15 is 0 Å². The van der Waals surface area contributed by atoms with Crippen molar-refractivity contribution in [2.75, 3.05) is 13.6 Å². The van der Waals surface area contributed by atoms with Crippen molar-refractivity contribution in [3.05, 3.63) is 33.8 Å².